The Kier molecular flexibility index (Phi) is 4.77. The zero-order valence-corrected chi connectivity index (χ0v) is 17.5. The Bertz CT molecular complexity index is 1140. The molecule has 0 bridgehead atoms. The van der Waals surface area contributed by atoms with Crippen LogP contribution in [0.4, 0.5) is 5.69 Å². The number of benzene rings is 2. The van der Waals surface area contributed by atoms with E-state index in [0.29, 0.717) is 22.7 Å². The third-order valence-electron chi connectivity index (χ3n) is 6.26. The van der Waals surface area contributed by atoms with Gasteiger partial charge in [0.1, 0.15) is 17.5 Å². The molecule has 3 heterocycles. The molecule has 4 atom stereocenters. The molecule has 0 N–H and O–H groups in total. The minimum atomic E-state index is -0.876. The summed E-state index contributed by atoms with van der Waals surface area (Å²) in [6, 6.07) is 12.1. The van der Waals surface area contributed by atoms with Gasteiger partial charge in [-0.2, -0.15) is 5.10 Å². The van der Waals surface area contributed by atoms with Gasteiger partial charge in [-0.05, 0) is 54.6 Å². The Labute approximate surface area is 184 Å². The molecule has 2 amide bonds. The number of Topliss-reactive ketones (excluding diaryl/α,β-unsaturated/α-hetero) is 1. The molecule has 32 heavy (non-hydrogen) atoms. The summed E-state index contributed by atoms with van der Waals surface area (Å²) < 4.78 is 10.3. The summed E-state index contributed by atoms with van der Waals surface area (Å²) in [4.78, 5) is 41.7. The number of nitrogens with zero attached hydrogens (tertiary/aromatic N) is 3. The first-order valence-corrected chi connectivity index (χ1v) is 10.2. The molecule has 5 rings (SSSR count). The predicted molar refractivity (Wildman–Crippen MR) is 117 cm³/mol. The Morgan fingerprint density at radius 3 is 2.09 bits per heavy atom. The highest BCUT2D eigenvalue weighted by Crippen LogP contribution is 2.46. The number of hydrogen-bond acceptors (Lipinski definition) is 7. The largest absolute Gasteiger partial charge is 0.497 e. The fraction of sp³-hybridized carbons (Fsp3) is 0.250. The van der Waals surface area contributed by atoms with Crippen LogP contribution in [0.3, 0.4) is 0 Å². The van der Waals surface area contributed by atoms with Gasteiger partial charge in [0.25, 0.3) is 0 Å². The number of carbonyl (C=O) groups excluding carboxylic acids is 3. The molecule has 0 saturated carbocycles. The Hall–Kier alpha value is -3.94. The average Bonchev–Trinajstić information content (AvgIpc) is 3.31. The molecule has 3 aliphatic heterocycles. The Morgan fingerprint density at radius 1 is 0.875 bits per heavy atom. The number of ether oxygens (including phenoxy) is 2. The number of fused-ring (bicyclic) bond motifs is 3. The smallest absolute Gasteiger partial charge is 0.240 e. The van der Waals surface area contributed by atoms with Crippen molar-refractivity contribution in [2.75, 3.05) is 19.1 Å². The first-order chi connectivity index (χ1) is 15.5. The summed E-state index contributed by atoms with van der Waals surface area (Å²) >= 11 is 0. The number of anilines is 1. The van der Waals surface area contributed by atoms with Crippen LogP contribution in [0.1, 0.15) is 10.4 Å². The van der Waals surface area contributed by atoms with Gasteiger partial charge in [-0.25, -0.2) is 4.90 Å². The van der Waals surface area contributed by atoms with Crippen LogP contribution in [-0.4, -0.2) is 55.1 Å². The van der Waals surface area contributed by atoms with E-state index in [9.17, 15) is 14.4 Å². The summed E-state index contributed by atoms with van der Waals surface area (Å²) in [5, 5.41) is 5.96. The van der Waals surface area contributed by atoms with E-state index >= 15 is 0 Å². The maximum absolute atomic E-state index is 13.5. The fourth-order valence-corrected chi connectivity index (χ4v) is 4.75. The van der Waals surface area contributed by atoms with Crippen LogP contribution in [0.25, 0.3) is 0 Å². The Morgan fingerprint density at radius 2 is 1.47 bits per heavy atom. The van der Waals surface area contributed by atoms with E-state index in [4.69, 9.17) is 9.47 Å². The van der Waals surface area contributed by atoms with Crippen molar-refractivity contribution in [2.24, 2.45) is 16.9 Å². The van der Waals surface area contributed by atoms with Gasteiger partial charge in [0.05, 0.1) is 37.8 Å². The molecule has 0 radical (unpaired) electrons. The lowest BCUT2D eigenvalue weighted by Gasteiger charge is -2.30. The van der Waals surface area contributed by atoms with Crippen molar-refractivity contribution in [1.82, 2.24) is 5.01 Å². The number of hydrogen-bond donors (Lipinski definition) is 0. The monoisotopic (exact) mass is 431 g/mol. The molecule has 2 fully saturated rings. The van der Waals surface area contributed by atoms with Crippen LogP contribution < -0.4 is 14.4 Å². The van der Waals surface area contributed by atoms with Crippen molar-refractivity contribution in [2.45, 2.75) is 12.1 Å². The number of carbonyl (C=O) groups is 3. The predicted octanol–water partition coefficient (Wildman–Crippen LogP) is 2.30. The van der Waals surface area contributed by atoms with Gasteiger partial charge in [0.2, 0.25) is 11.8 Å². The third kappa shape index (κ3) is 2.90. The standard InChI is InChI=1S/C24H21N3O5/c1-31-16-9-5-14(6-10-16)22(28)21-20-19(18-4-3-13-25-27(18)21)23(29)26(24(20)30)15-7-11-17(32-2)12-8-15/h3-13,18-21H,1-2H3/t18?,19-,20-,21+/m0/s1. The van der Waals surface area contributed by atoms with Crippen LogP contribution >= 0.6 is 0 Å². The lowest BCUT2D eigenvalue weighted by molar-refractivity contribution is -0.123. The van der Waals surface area contributed by atoms with E-state index in [2.05, 4.69) is 5.10 Å². The van der Waals surface area contributed by atoms with E-state index in [1.54, 1.807) is 80.1 Å². The van der Waals surface area contributed by atoms with E-state index < -0.39 is 29.8 Å². The van der Waals surface area contributed by atoms with Crippen molar-refractivity contribution in [3.8, 4) is 11.5 Å². The summed E-state index contributed by atoms with van der Waals surface area (Å²) in [7, 11) is 3.10. The van der Waals surface area contributed by atoms with Gasteiger partial charge in [0.15, 0.2) is 5.78 Å². The molecule has 2 saturated heterocycles. The first-order valence-electron chi connectivity index (χ1n) is 10.2. The lowest BCUT2D eigenvalue weighted by atomic mass is 9.86. The molecule has 2 aromatic carbocycles. The molecule has 0 spiro atoms. The van der Waals surface area contributed by atoms with Crippen LogP contribution in [0.15, 0.2) is 65.8 Å². The van der Waals surface area contributed by atoms with Gasteiger partial charge in [0, 0.05) is 11.8 Å². The molecule has 0 aromatic heterocycles. The highest BCUT2D eigenvalue weighted by molar-refractivity contribution is 6.24. The van der Waals surface area contributed by atoms with E-state index in [1.807, 2.05) is 6.08 Å². The van der Waals surface area contributed by atoms with Crippen molar-refractivity contribution < 1.29 is 23.9 Å². The topological polar surface area (TPSA) is 88.5 Å². The molecule has 0 aliphatic carbocycles. The second-order valence-corrected chi connectivity index (χ2v) is 7.82. The van der Waals surface area contributed by atoms with Gasteiger partial charge < -0.3 is 9.47 Å². The van der Waals surface area contributed by atoms with Crippen molar-refractivity contribution in [3.63, 3.8) is 0 Å². The number of hydrazone groups is 1. The van der Waals surface area contributed by atoms with Crippen LogP contribution in [0, 0.1) is 11.8 Å². The Balaban J connectivity index is 1.53. The van der Waals surface area contributed by atoms with E-state index in [0.717, 1.165) is 0 Å². The number of ketones is 1. The van der Waals surface area contributed by atoms with Crippen molar-refractivity contribution >= 4 is 29.5 Å². The molecule has 8 heteroatoms. The van der Waals surface area contributed by atoms with Crippen LogP contribution in [0.5, 0.6) is 11.5 Å². The van der Waals surface area contributed by atoms with Gasteiger partial charge in [-0.15, -0.1) is 0 Å². The second-order valence-electron chi connectivity index (χ2n) is 7.82. The summed E-state index contributed by atoms with van der Waals surface area (Å²) in [5.74, 6) is -1.25. The lowest BCUT2D eigenvalue weighted by Crippen LogP contribution is -2.46. The zero-order chi connectivity index (χ0) is 22.4. The molecule has 162 valence electrons. The van der Waals surface area contributed by atoms with Crippen molar-refractivity contribution in [1.29, 1.82) is 0 Å². The molecule has 2 aromatic rings. The summed E-state index contributed by atoms with van der Waals surface area (Å²) in [6.45, 7) is 0. The number of methoxy groups -OCH3 is 2. The van der Waals surface area contributed by atoms with E-state index in [1.165, 1.54) is 4.90 Å². The van der Waals surface area contributed by atoms with Gasteiger partial charge >= 0.3 is 0 Å². The number of allylic oxidation sites excluding steroid dienone is 1. The number of rotatable bonds is 5. The summed E-state index contributed by atoms with van der Waals surface area (Å²) in [5.41, 5.74) is 0.892. The van der Waals surface area contributed by atoms with Gasteiger partial charge in [-0.1, -0.05) is 6.08 Å². The highest BCUT2D eigenvalue weighted by atomic mass is 16.5. The number of amides is 2. The molecule has 3 aliphatic rings. The highest BCUT2D eigenvalue weighted by Gasteiger charge is 2.64. The molecule has 1 unspecified atom stereocenters. The molecular weight excluding hydrogens is 410 g/mol. The quantitative estimate of drug-likeness (QED) is 0.533. The van der Waals surface area contributed by atoms with E-state index in [-0.39, 0.29) is 11.7 Å². The maximum atomic E-state index is 13.5. The fourth-order valence-electron chi connectivity index (χ4n) is 4.75. The molecule has 8 nitrogen and oxygen atoms in total. The third-order valence-corrected chi connectivity index (χ3v) is 6.26. The van der Waals surface area contributed by atoms with Crippen molar-refractivity contribution in [3.05, 3.63) is 66.2 Å². The minimum Gasteiger partial charge on any atom is -0.497 e. The normalized spacial score (nSPS) is 25.7. The minimum absolute atomic E-state index is 0.254. The van der Waals surface area contributed by atoms with Gasteiger partial charge in [-0.3, -0.25) is 19.4 Å². The first kappa shape index (κ1) is 20.0. The van der Waals surface area contributed by atoms with Crippen LogP contribution in [-0.2, 0) is 9.59 Å². The summed E-state index contributed by atoms with van der Waals surface area (Å²) in [6.07, 6.45) is 5.14. The second kappa shape index (κ2) is 7.64. The average molecular weight is 431 g/mol. The van der Waals surface area contributed by atoms with Crippen LogP contribution in [0.2, 0.25) is 0 Å². The maximum Gasteiger partial charge on any atom is 0.240 e. The zero-order valence-electron chi connectivity index (χ0n) is 17.5. The number of imide groups is 1. The SMILES string of the molecule is COc1ccc(C(=O)[C@H]2[C@H]3C(=O)N(c4ccc(OC)cc4)C(=O)[C@H]3C3C=CC=NN32)cc1. The molecular formula is C24H21N3O5.